The molecule has 0 bridgehead atoms. The van der Waals surface area contributed by atoms with Gasteiger partial charge in [0.25, 0.3) is 11.6 Å². The lowest BCUT2D eigenvalue weighted by atomic mass is 10.1. The highest BCUT2D eigenvalue weighted by Crippen LogP contribution is 2.23. The van der Waals surface area contributed by atoms with Gasteiger partial charge in [0, 0.05) is 24.7 Å². The number of nitro benzene ring substituents is 1. The molecule has 6 nitrogen and oxygen atoms in total. The summed E-state index contributed by atoms with van der Waals surface area (Å²) in [4.78, 5) is 22.7. The summed E-state index contributed by atoms with van der Waals surface area (Å²) in [7, 11) is 0. The average molecular weight is 325 g/mol. The monoisotopic (exact) mass is 325 g/mol. The van der Waals surface area contributed by atoms with Crippen LogP contribution in [0.3, 0.4) is 0 Å². The molecule has 0 heterocycles. The first-order valence-electron chi connectivity index (χ1n) is 8.02. The van der Waals surface area contributed by atoms with E-state index < -0.39 is 4.92 Å². The van der Waals surface area contributed by atoms with Gasteiger partial charge in [-0.1, -0.05) is 18.2 Å². The number of nitrogens with zero attached hydrogens (tertiary/aromatic N) is 1. The zero-order valence-corrected chi connectivity index (χ0v) is 13.2. The molecule has 2 N–H and O–H groups in total. The minimum absolute atomic E-state index is 0.0300. The number of rotatable bonds is 6. The molecular weight excluding hydrogens is 306 g/mol. The largest absolute Gasteiger partial charge is 0.378 e. The van der Waals surface area contributed by atoms with Gasteiger partial charge >= 0.3 is 0 Å². The van der Waals surface area contributed by atoms with Gasteiger partial charge in [0.15, 0.2) is 0 Å². The Balaban J connectivity index is 1.52. The average Bonchev–Trinajstić information content (AvgIpc) is 3.06. The first-order valence-corrected chi connectivity index (χ1v) is 8.02. The molecule has 1 amide bonds. The molecule has 1 aliphatic carbocycles. The second-order valence-corrected chi connectivity index (χ2v) is 5.79. The van der Waals surface area contributed by atoms with Crippen LogP contribution in [0.25, 0.3) is 0 Å². The molecule has 1 aliphatic rings. The Labute approximate surface area is 140 Å². The van der Waals surface area contributed by atoms with Crippen LogP contribution in [0.5, 0.6) is 0 Å². The number of fused-ring (bicyclic) bond motifs is 1. The lowest BCUT2D eigenvalue weighted by Crippen LogP contribution is -2.28. The first kappa shape index (κ1) is 16.0. The SMILES string of the molecule is O=C(NCCNc1ccccc1[N+](=O)[O-])c1ccc2c(c1)CCC2. The maximum absolute atomic E-state index is 12.2. The molecule has 0 radical (unpaired) electrons. The number of hydrogen-bond donors (Lipinski definition) is 2. The third-order valence-corrected chi connectivity index (χ3v) is 4.19. The highest BCUT2D eigenvalue weighted by atomic mass is 16.6. The van der Waals surface area contributed by atoms with E-state index in [0.717, 1.165) is 19.3 Å². The van der Waals surface area contributed by atoms with Gasteiger partial charge in [-0.05, 0) is 48.6 Å². The Hall–Kier alpha value is -2.89. The molecular formula is C18H19N3O3. The summed E-state index contributed by atoms with van der Waals surface area (Å²) in [5, 5.41) is 16.8. The lowest BCUT2D eigenvalue weighted by molar-refractivity contribution is -0.384. The third kappa shape index (κ3) is 3.53. The summed E-state index contributed by atoms with van der Waals surface area (Å²) < 4.78 is 0. The molecule has 0 aromatic heterocycles. The van der Waals surface area contributed by atoms with E-state index in [-0.39, 0.29) is 11.6 Å². The van der Waals surface area contributed by atoms with Gasteiger partial charge in [0.2, 0.25) is 0 Å². The summed E-state index contributed by atoms with van der Waals surface area (Å²) in [6.45, 7) is 0.809. The van der Waals surface area contributed by atoms with E-state index in [4.69, 9.17) is 0 Å². The van der Waals surface area contributed by atoms with Crippen molar-refractivity contribution in [2.24, 2.45) is 0 Å². The van der Waals surface area contributed by atoms with Gasteiger partial charge in [-0.2, -0.15) is 0 Å². The van der Waals surface area contributed by atoms with Crippen molar-refractivity contribution >= 4 is 17.3 Å². The lowest BCUT2D eigenvalue weighted by Gasteiger charge is -2.09. The minimum Gasteiger partial charge on any atom is -0.378 e. The molecule has 0 spiro atoms. The van der Waals surface area contributed by atoms with Crippen LogP contribution in [-0.2, 0) is 12.8 Å². The number of anilines is 1. The number of para-hydroxylation sites is 2. The van der Waals surface area contributed by atoms with Crippen LogP contribution in [-0.4, -0.2) is 23.9 Å². The Morgan fingerprint density at radius 1 is 1.08 bits per heavy atom. The van der Waals surface area contributed by atoms with Gasteiger partial charge in [0.05, 0.1) is 4.92 Å². The standard InChI is InChI=1S/C18H19N3O3/c22-18(15-9-8-13-4-3-5-14(13)12-15)20-11-10-19-16-6-1-2-7-17(16)21(23)24/h1-2,6-9,12,19H,3-5,10-11H2,(H,20,22). The quantitative estimate of drug-likeness (QED) is 0.486. The predicted molar refractivity (Wildman–Crippen MR) is 92.4 cm³/mol. The Kier molecular flexibility index (Phi) is 4.74. The number of nitro groups is 1. The number of nitrogens with one attached hydrogen (secondary N) is 2. The number of carbonyl (C=O) groups is 1. The molecule has 0 aliphatic heterocycles. The number of carbonyl (C=O) groups excluding carboxylic acids is 1. The van der Waals surface area contributed by atoms with Crippen molar-refractivity contribution in [2.45, 2.75) is 19.3 Å². The first-order chi connectivity index (χ1) is 11.6. The van der Waals surface area contributed by atoms with Crippen LogP contribution in [0.15, 0.2) is 42.5 Å². The van der Waals surface area contributed by atoms with E-state index in [1.54, 1.807) is 18.2 Å². The molecule has 6 heteroatoms. The Morgan fingerprint density at radius 3 is 2.71 bits per heavy atom. The second-order valence-electron chi connectivity index (χ2n) is 5.79. The van der Waals surface area contributed by atoms with E-state index in [9.17, 15) is 14.9 Å². The molecule has 2 aromatic carbocycles. The molecule has 2 aromatic rings. The van der Waals surface area contributed by atoms with Crippen LogP contribution in [0.4, 0.5) is 11.4 Å². The maximum atomic E-state index is 12.2. The van der Waals surface area contributed by atoms with Gasteiger partial charge < -0.3 is 10.6 Å². The Bertz CT molecular complexity index is 774. The van der Waals surface area contributed by atoms with Crippen molar-refractivity contribution < 1.29 is 9.72 Å². The van der Waals surface area contributed by atoms with Crippen molar-refractivity contribution in [3.8, 4) is 0 Å². The summed E-state index contributed by atoms with van der Waals surface area (Å²) in [6.07, 6.45) is 3.28. The predicted octanol–water partition coefficient (Wildman–Crippen LogP) is 2.93. The third-order valence-electron chi connectivity index (χ3n) is 4.19. The number of benzene rings is 2. The van der Waals surface area contributed by atoms with Crippen LogP contribution in [0.2, 0.25) is 0 Å². The van der Waals surface area contributed by atoms with Crippen molar-refractivity contribution in [2.75, 3.05) is 18.4 Å². The van der Waals surface area contributed by atoms with Crippen LogP contribution in [0, 0.1) is 10.1 Å². The molecule has 124 valence electrons. The molecule has 3 rings (SSSR count). The normalized spacial score (nSPS) is 12.5. The molecule has 0 unspecified atom stereocenters. The van der Waals surface area contributed by atoms with Crippen LogP contribution >= 0.6 is 0 Å². The highest BCUT2D eigenvalue weighted by Gasteiger charge is 2.14. The van der Waals surface area contributed by atoms with Gasteiger partial charge in [0.1, 0.15) is 5.69 Å². The summed E-state index contributed by atoms with van der Waals surface area (Å²) in [5.74, 6) is -0.117. The van der Waals surface area contributed by atoms with Crippen molar-refractivity contribution in [3.05, 3.63) is 69.3 Å². The topological polar surface area (TPSA) is 84.3 Å². The molecule has 0 saturated heterocycles. The van der Waals surface area contributed by atoms with Gasteiger partial charge in [-0.25, -0.2) is 0 Å². The van der Waals surface area contributed by atoms with E-state index in [1.165, 1.54) is 17.2 Å². The van der Waals surface area contributed by atoms with Crippen molar-refractivity contribution in [1.29, 1.82) is 0 Å². The van der Waals surface area contributed by atoms with Gasteiger partial charge in [-0.3, -0.25) is 14.9 Å². The summed E-state index contributed by atoms with van der Waals surface area (Å²) >= 11 is 0. The van der Waals surface area contributed by atoms with E-state index in [1.807, 2.05) is 18.2 Å². The molecule has 24 heavy (non-hydrogen) atoms. The summed E-state index contributed by atoms with van der Waals surface area (Å²) in [6, 6.07) is 12.3. The van der Waals surface area contributed by atoms with Crippen molar-refractivity contribution in [1.82, 2.24) is 5.32 Å². The smallest absolute Gasteiger partial charge is 0.292 e. The van der Waals surface area contributed by atoms with Crippen molar-refractivity contribution in [3.63, 3.8) is 0 Å². The molecule has 0 fully saturated rings. The number of amides is 1. The molecule has 0 saturated carbocycles. The second kappa shape index (κ2) is 7.12. The summed E-state index contributed by atoms with van der Waals surface area (Å²) in [5.41, 5.74) is 3.75. The van der Waals surface area contributed by atoms with E-state index in [0.29, 0.717) is 24.3 Å². The van der Waals surface area contributed by atoms with Crippen LogP contribution in [0.1, 0.15) is 27.9 Å². The van der Waals surface area contributed by atoms with Gasteiger partial charge in [-0.15, -0.1) is 0 Å². The van der Waals surface area contributed by atoms with E-state index in [2.05, 4.69) is 10.6 Å². The Morgan fingerprint density at radius 2 is 1.88 bits per heavy atom. The number of aryl methyl sites for hydroxylation is 2. The fourth-order valence-electron chi connectivity index (χ4n) is 2.97. The van der Waals surface area contributed by atoms with Crippen LogP contribution < -0.4 is 10.6 Å². The minimum atomic E-state index is -0.425. The van der Waals surface area contributed by atoms with E-state index >= 15 is 0 Å². The maximum Gasteiger partial charge on any atom is 0.292 e. The molecule has 0 atom stereocenters. The zero-order chi connectivity index (χ0) is 16.9. The fourth-order valence-corrected chi connectivity index (χ4v) is 2.97. The number of hydrogen-bond acceptors (Lipinski definition) is 4. The highest BCUT2D eigenvalue weighted by molar-refractivity contribution is 5.94. The zero-order valence-electron chi connectivity index (χ0n) is 13.2. The fraction of sp³-hybridized carbons (Fsp3) is 0.278.